The summed E-state index contributed by atoms with van der Waals surface area (Å²) in [5, 5.41) is 10.4. The number of aliphatic hydroxyl groups is 1. The summed E-state index contributed by atoms with van der Waals surface area (Å²) >= 11 is 0. The number of fused-ring (bicyclic) bond motifs is 5. The lowest BCUT2D eigenvalue weighted by Crippen LogP contribution is -2.48. The molecular formula is C19H28O2. The lowest BCUT2D eigenvalue weighted by molar-refractivity contribution is -0.119. The molecule has 116 valence electrons. The Kier molecular flexibility index (Phi) is 3.12. The number of allylic oxidation sites excluding steroid dienone is 1. The second-order valence-corrected chi connectivity index (χ2v) is 8.48. The van der Waals surface area contributed by atoms with Gasteiger partial charge in [0.1, 0.15) is 0 Å². The van der Waals surface area contributed by atoms with E-state index < -0.39 is 0 Å². The molecule has 0 aromatic rings. The maximum Gasteiger partial charge on any atom is 0.158 e. The zero-order chi connectivity index (χ0) is 14.8. The van der Waals surface area contributed by atoms with Gasteiger partial charge >= 0.3 is 0 Å². The molecule has 0 radical (unpaired) electrons. The van der Waals surface area contributed by atoms with Crippen LogP contribution in [0.15, 0.2) is 11.6 Å². The quantitative estimate of drug-likeness (QED) is 0.737. The number of carbonyl (C=O) groups excluding carboxylic acids is 1. The van der Waals surface area contributed by atoms with Gasteiger partial charge in [-0.3, -0.25) is 4.79 Å². The van der Waals surface area contributed by atoms with Gasteiger partial charge in [0.2, 0.25) is 0 Å². The first-order valence-corrected chi connectivity index (χ1v) is 8.93. The van der Waals surface area contributed by atoms with Gasteiger partial charge in [-0.2, -0.15) is 0 Å². The molecule has 21 heavy (non-hydrogen) atoms. The van der Waals surface area contributed by atoms with E-state index in [1.165, 1.54) is 31.3 Å². The third kappa shape index (κ3) is 1.91. The molecular weight excluding hydrogens is 260 g/mol. The monoisotopic (exact) mass is 288 g/mol. The van der Waals surface area contributed by atoms with Gasteiger partial charge in [-0.15, -0.1) is 0 Å². The first-order chi connectivity index (χ1) is 10.0. The van der Waals surface area contributed by atoms with E-state index >= 15 is 0 Å². The minimum atomic E-state index is -0.0766. The fourth-order valence-electron chi connectivity index (χ4n) is 6.33. The molecule has 2 heteroatoms. The summed E-state index contributed by atoms with van der Waals surface area (Å²) in [6.45, 7) is 4.44. The highest BCUT2D eigenvalue weighted by atomic mass is 16.3. The summed E-state index contributed by atoms with van der Waals surface area (Å²) in [6, 6.07) is 0. The molecule has 0 aromatic carbocycles. The van der Waals surface area contributed by atoms with Gasteiger partial charge in [-0.1, -0.05) is 19.4 Å². The number of carbonyl (C=O) groups is 1. The van der Waals surface area contributed by atoms with Crippen molar-refractivity contribution in [2.45, 2.75) is 64.9 Å². The summed E-state index contributed by atoms with van der Waals surface area (Å²) in [5.74, 6) is 3.54. The fraction of sp³-hybridized carbons (Fsp3) is 0.842. The van der Waals surface area contributed by atoms with Crippen molar-refractivity contribution in [3.05, 3.63) is 11.6 Å². The molecule has 4 aliphatic rings. The highest BCUT2D eigenvalue weighted by molar-refractivity contribution is 5.93. The van der Waals surface area contributed by atoms with Gasteiger partial charge in [-0.25, -0.2) is 0 Å². The number of rotatable bonds is 0. The lowest BCUT2D eigenvalue weighted by Gasteiger charge is -2.53. The lowest BCUT2D eigenvalue weighted by atomic mass is 9.51. The Bertz CT molecular complexity index is 494. The molecule has 4 aliphatic carbocycles. The molecule has 3 saturated carbocycles. The minimum Gasteiger partial charge on any atom is -0.393 e. The number of hydrogen-bond acceptors (Lipinski definition) is 2. The van der Waals surface area contributed by atoms with Gasteiger partial charge in [0.25, 0.3) is 0 Å². The normalized spacial score (nSPS) is 52.7. The van der Waals surface area contributed by atoms with E-state index in [0.29, 0.717) is 11.7 Å². The molecule has 4 rings (SSSR count). The van der Waals surface area contributed by atoms with Crippen molar-refractivity contribution in [3.8, 4) is 0 Å². The highest BCUT2D eigenvalue weighted by Gasteiger charge is 2.56. The third-order valence-electron chi connectivity index (χ3n) is 7.62. The SMILES string of the molecule is C[C@H]1C[C@H]2C(=CC1=O)CC[C@@H]1[C@@H]2CC[C@]2(C)[C@@H](O)CC[C@@H]12. The largest absolute Gasteiger partial charge is 0.393 e. The van der Waals surface area contributed by atoms with Crippen LogP contribution in [0.1, 0.15) is 58.8 Å². The summed E-state index contributed by atoms with van der Waals surface area (Å²) in [7, 11) is 0. The Balaban J connectivity index is 1.63. The Labute approximate surface area is 128 Å². The van der Waals surface area contributed by atoms with E-state index in [4.69, 9.17) is 0 Å². The molecule has 2 nitrogen and oxygen atoms in total. The smallest absolute Gasteiger partial charge is 0.158 e. The Morgan fingerprint density at radius 3 is 2.81 bits per heavy atom. The van der Waals surface area contributed by atoms with Crippen LogP contribution >= 0.6 is 0 Å². The molecule has 0 bridgehead atoms. The van der Waals surface area contributed by atoms with E-state index in [1.54, 1.807) is 0 Å². The van der Waals surface area contributed by atoms with Crippen LogP contribution in [0.4, 0.5) is 0 Å². The maximum atomic E-state index is 12.0. The van der Waals surface area contributed by atoms with E-state index in [0.717, 1.165) is 37.0 Å². The number of aliphatic hydroxyl groups excluding tert-OH is 1. The van der Waals surface area contributed by atoms with E-state index in [-0.39, 0.29) is 17.4 Å². The first-order valence-electron chi connectivity index (χ1n) is 8.93. The van der Waals surface area contributed by atoms with Crippen LogP contribution in [0.2, 0.25) is 0 Å². The fourth-order valence-corrected chi connectivity index (χ4v) is 6.33. The van der Waals surface area contributed by atoms with Crippen LogP contribution in [0.5, 0.6) is 0 Å². The van der Waals surface area contributed by atoms with Crippen molar-refractivity contribution in [1.29, 1.82) is 0 Å². The Morgan fingerprint density at radius 1 is 1.19 bits per heavy atom. The molecule has 1 N–H and O–H groups in total. The van der Waals surface area contributed by atoms with Crippen LogP contribution < -0.4 is 0 Å². The molecule has 0 saturated heterocycles. The van der Waals surface area contributed by atoms with Crippen LogP contribution in [-0.4, -0.2) is 17.0 Å². The van der Waals surface area contributed by atoms with Crippen LogP contribution in [0, 0.1) is 35.0 Å². The summed E-state index contributed by atoms with van der Waals surface area (Å²) in [4.78, 5) is 12.0. The number of hydrogen-bond donors (Lipinski definition) is 1. The minimum absolute atomic E-state index is 0.0766. The van der Waals surface area contributed by atoms with Gasteiger partial charge < -0.3 is 5.11 Å². The number of ketones is 1. The van der Waals surface area contributed by atoms with Crippen molar-refractivity contribution in [2.75, 3.05) is 0 Å². The predicted octanol–water partition coefficient (Wildman–Crippen LogP) is 3.74. The molecule has 0 aliphatic heterocycles. The van der Waals surface area contributed by atoms with E-state index in [1.807, 2.05) is 6.08 Å². The van der Waals surface area contributed by atoms with Crippen molar-refractivity contribution >= 4 is 5.78 Å². The molecule has 0 amide bonds. The van der Waals surface area contributed by atoms with Gasteiger partial charge in [-0.05, 0) is 80.1 Å². The Morgan fingerprint density at radius 2 is 2.00 bits per heavy atom. The Hall–Kier alpha value is -0.630. The maximum absolute atomic E-state index is 12.0. The first kappa shape index (κ1) is 14.0. The van der Waals surface area contributed by atoms with Gasteiger partial charge in [0, 0.05) is 5.92 Å². The van der Waals surface area contributed by atoms with Crippen LogP contribution in [0.3, 0.4) is 0 Å². The van der Waals surface area contributed by atoms with Crippen molar-refractivity contribution in [1.82, 2.24) is 0 Å². The molecule has 3 fully saturated rings. The average Bonchev–Trinajstić information content (AvgIpc) is 2.76. The van der Waals surface area contributed by atoms with Crippen LogP contribution in [0.25, 0.3) is 0 Å². The summed E-state index contributed by atoms with van der Waals surface area (Å²) in [6.07, 6.45) is 10.1. The van der Waals surface area contributed by atoms with Crippen molar-refractivity contribution in [2.24, 2.45) is 35.0 Å². The van der Waals surface area contributed by atoms with Gasteiger partial charge in [0.05, 0.1) is 6.10 Å². The summed E-state index contributed by atoms with van der Waals surface area (Å²) < 4.78 is 0. The second kappa shape index (κ2) is 4.68. The zero-order valence-corrected chi connectivity index (χ0v) is 13.3. The molecule has 0 spiro atoms. The summed E-state index contributed by atoms with van der Waals surface area (Å²) in [5.41, 5.74) is 1.64. The predicted molar refractivity (Wildman–Crippen MR) is 82.6 cm³/mol. The van der Waals surface area contributed by atoms with E-state index in [9.17, 15) is 9.90 Å². The second-order valence-electron chi connectivity index (χ2n) is 8.48. The topological polar surface area (TPSA) is 37.3 Å². The van der Waals surface area contributed by atoms with Crippen LogP contribution in [-0.2, 0) is 4.79 Å². The molecule has 0 unspecified atom stereocenters. The average molecular weight is 288 g/mol. The zero-order valence-electron chi connectivity index (χ0n) is 13.3. The van der Waals surface area contributed by atoms with Crippen molar-refractivity contribution < 1.29 is 9.90 Å². The third-order valence-corrected chi connectivity index (χ3v) is 7.62. The molecule has 0 aromatic heterocycles. The molecule has 0 heterocycles. The molecule has 7 atom stereocenters. The van der Waals surface area contributed by atoms with Crippen molar-refractivity contribution in [3.63, 3.8) is 0 Å². The highest BCUT2D eigenvalue weighted by Crippen LogP contribution is 2.61. The standard InChI is InChI=1S/C19H28O2/c1-11-9-15-12(10-17(11)20)3-4-14-13(15)7-8-19(2)16(14)5-6-18(19)21/h10-11,13-16,18,21H,3-9H2,1-2H3/t11-,13-,14+,15-,16-,18-,19-/m0/s1. The van der Waals surface area contributed by atoms with Gasteiger partial charge in [0.15, 0.2) is 5.78 Å². The van der Waals surface area contributed by atoms with E-state index in [2.05, 4.69) is 13.8 Å².